The van der Waals surface area contributed by atoms with Crippen LogP contribution in [0.4, 0.5) is 5.69 Å². The number of hydrogen-bond acceptors (Lipinski definition) is 3. The van der Waals surface area contributed by atoms with Gasteiger partial charge < -0.3 is 4.90 Å². The number of benzene rings is 1. The van der Waals surface area contributed by atoms with E-state index in [1.807, 2.05) is 4.90 Å². The molecule has 21 heavy (non-hydrogen) atoms. The maximum atomic E-state index is 12.5. The molecule has 116 valence electrons. The number of rotatable bonds is 7. The Labute approximate surface area is 126 Å². The summed E-state index contributed by atoms with van der Waals surface area (Å²) in [4.78, 5) is 24.6. The van der Waals surface area contributed by atoms with Gasteiger partial charge in [0.05, 0.1) is 4.92 Å². The maximum absolute atomic E-state index is 12.5. The minimum Gasteiger partial charge on any atom is -0.338 e. The zero-order chi connectivity index (χ0) is 16.0. The molecule has 0 aromatic heterocycles. The summed E-state index contributed by atoms with van der Waals surface area (Å²) < 4.78 is 0. The predicted octanol–water partition coefficient (Wildman–Crippen LogP) is 3.74. The number of nitro benzene ring substituents is 1. The summed E-state index contributed by atoms with van der Waals surface area (Å²) in [5.74, 6) is 0.864. The van der Waals surface area contributed by atoms with Gasteiger partial charge in [-0.3, -0.25) is 14.9 Å². The zero-order valence-electron chi connectivity index (χ0n) is 13.2. The van der Waals surface area contributed by atoms with Crippen molar-refractivity contribution in [1.82, 2.24) is 4.90 Å². The first kappa shape index (κ1) is 17.1. The van der Waals surface area contributed by atoms with Gasteiger partial charge in [-0.25, -0.2) is 0 Å². The van der Waals surface area contributed by atoms with Crippen LogP contribution in [-0.4, -0.2) is 28.8 Å². The van der Waals surface area contributed by atoms with E-state index in [9.17, 15) is 14.9 Å². The SMILES string of the molecule is CC(C)CCN(CC(C)C)C(=O)c1ccc([N+](=O)[O-])cc1. The Morgan fingerprint density at radius 2 is 1.71 bits per heavy atom. The molecular formula is C16H24N2O3. The highest BCUT2D eigenvalue weighted by atomic mass is 16.6. The average Bonchev–Trinajstić information content (AvgIpc) is 2.42. The van der Waals surface area contributed by atoms with Crippen molar-refractivity contribution in [2.45, 2.75) is 34.1 Å². The summed E-state index contributed by atoms with van der Waals surface area (Å²) in [5.41, 5.74) is 0.508. The summed E-state index contributed by atoms with van der Waals surface area (Å²) in [5, 5.41) is 10.6. The van der Waals surface area contributed by atoms with Crippen molar-refractivity contribution in [2.24, 2.45) is 11.8 Å². The molecule has 0 unspecified atom stereocenters. The highest BCUT2D eigenvalue weighted by Crippen LogP contribution is 2.15. The molecule has 0 saturated carbocycles. The van der Waals surface area contributed by atoms with Crippen LogP contribution in [0.2, 0.25) is 0 Å². The molecule has 1 rings (SSSR count). The quantitative estimate of drug-likeness (QED) is 0.568. The Morgan fingerprint density at radius 3 is 2.14 bits per heavy atom. The van der Waals surface area contributed by atoms with Gasteiger partial charge in [0, 0.05) is 30.8 Å². The lowest BCUT2D eigenvalue weighted by molar-refractivity contribution is -0.384. The van der Waals surface area contributed by atoms with E-state index in [1.54, 1.807) is 0 Å². The number of carbonyl (C=O) groups is 1. The molecule has 0 radical (unpaired) electrons. The Kier molecular flexibility index (Phi) is 6.34. The van der Waals surface area contributed by atoms with Crippen molar-refractivity contribution in [2.75, 3.05) is 13.1 Å². The topological polar surface area (TPSA) is 63.5 Å². The largest absolute Gasteiger partial charge is 0.338 e. The van der Waals surface area contributed by atoms with Gasteiger partial charge in [-0.2, -0.15) is 0 Å². The fourth-order valence-corrected chi connectivity index (χ4v) is 2.04. The summed E-state index contributed by atoms with van der Waals surface area (Å²) >= 11 is 0. The smallest absolute Gasteiger partial charge is 0.269 e. The van der Waals surface area contributed by atoms with Crippen molar-refractivity contribution in [3.05, 3.63) is 39.9 Å². The molecule has 0 N–H and O–H groups in total. The van der Waals surface area contributed by atoms with Crippen molar-refractivity contribution in [3.63, 3.8) is 0 Å². The van der Waals surface area contributed by atoms with E-state index in [-0.39, 0.29) is 11.6 Å². The minimum absolute atomic E-state index is 0.00383. The van der Waals surface area contributed by atoms with Crippen molar-refractivity contribution in [1.29, 1.82) is 0 Å². The van der Waals surface area contributed by atoms with Gasteiger partial charge in [0.15, 0.2) is 0 Å². The summed E-state index contributed by atoms with van der Waals surface area (Å²) in [7, 11) is 0. The normalized spacial score (nSPS) is 11.0. The Morgan fingerprint density at radius 1 is 1.14 bits per heavy atom. The Bertz CT molecular complexity index is 481. The number of non-ortho nitro benzene ring substituents is 1. The third-order valence-electron chi connectivity index (χ3n) is 3.17. The second kappa shape index (κ2) is 7.76. The van der Waals surface area contributed by atoms with Gasteiger partial charge in [0.1, 0.15) is 0 Å². The molecule has 0 atom stereocenters. The first-order valence-corrected chi connectivity index (χ1v) is 7.35. The van der Waals surface area contributed by atoms with Gasteiger partial charge >= 0.3 is 0 Å². The third-order valence-corrected chi connectivity index (χ3v) is 3.17. The molecule has 1 aromatic carbocycles. The van der Waals surface area contributed by atoms with Crippen molar-refractivity contribution < 1.29 is 9.72 Å². The van der Waals surface area contributed by atoms with Crippen LogP contribution in [0.3, 0.4) is 0 Å². The van der Waals surface area contributed by atoms with Crippen LogP contribution >= 0.6 is 0 Å². The molecule has 0 spiro atoms. The Balaban J connectivity index is 2.85. The van der Waals surface area contributed by atoms with E-state index in [2.05, 4.69) is 27.7 Å². The highest BCUT2D eigenvalue weighted by Gasteiger charge is 2.18. The predicted molar refractivity (Wildman–Crippen MR) is 83.3 cm³/mol. The second-order valence-corrected chi connectivity index (χ2v) is 6.13. The van der Waals surface area contributed by atoms with E-state index < -0.39 is 4.92 Å². The number of nitro groups is 1. The molecule has 0 bridgehead atoms. The molecule has 5 nitrogen and oxygen atoms in total. The van der Waals surface area contributed by atoms with Gasteiger partial charge in [-0.1, -0.05) is 27.7 Å². The van der Waals surface area contributed by atoms with Crippen LogP contribution in [0.1, 0.15) is 44.5 Å². The lowest BCUT2D eigenvalue weighted by Crippen LogP contribution is -2.35. The zero-order valence-corrected chi connectivity index (χ0v) is 13.2. The van der Waals surface area contributed by atoms with E-state index in [0.717, 1.165) is 6.42 Å². The molecule has 0 saturated heterocycles. The van der Waals surface area contributed by atoms with Crippen LogP contribution in [0.15, 0.2) is 24.3 Å². The number of amides is 1. The Hall–Kier alpha value is -1.91. The third kappa shape index (κ3) is 5.53. The van der Waals surface area contributed by atoms with E-state index in [4.69, 9.17) is 0 Å². The van der Waals surface area contributed by atoms with Crippen LogP contribution in [0.25, 0.3) is 0 Å². The van der Waals surface area contributed by atoms with Gasteiger partial charge in [0.2, 0.25) is 0 Å². The number of carbonyl (C=O) groups excluding carboxylic acids is 1. The van der Waals surface area contributed by atoms with Crippen LogP contribution < -0.4 is 0 Å². The maximum Gasteiger partial charge on any atom is 0.269 e. The summed E-state index contributed by atoms with van der Waals surface area (Å²) in [6.07, 6.45) is 0.950. The van der Waals surface area contributed by atoms with Crippen molar-refractivity contribution in [3.8, 4) is 0 Å². The van der Waals surface area contributed by atoms with Crippen LogP contribution in [0.5, 0.6) is 0 Å². The van der Waals surface area contributed by atoms with Gasteiger partial charge in [0.25, 0.3) is 11.6 Å². The lowest BCUT2D eigenvalue weighted by Gasteiger charge is -2.25. The van der Waals surface area contributed by atoms with Gasteiger partial charge in [-0.15, -0.1) is 0 Å². The molecule has 0 aliphatic heterocycles. The first-order valence-electron chi connectivity index (χ1n) is 7.35. The van der Waals surface area contributed by atoms with Crippen LogP contribution in [0, 0.1) is 22.0 Å². The highest BCUT2D eigenvalue weighted by molar-refractivity contribution is 5.94. The minimum atomic E-state index is -0.459. The average molecular weight is 292 g/mol. The van der Waals surface area contributed by atoms with Crippen LogP contribution in [-0.2, 0) is 0 Å². The summed E-state index contributed by atoms with van der Waals surface area (Å²) in [6, 6.07) is 5.82. The van der Waals surface area contributed by atoms with E-state index >= 15 is 0 Å². The number of hydrogen-bond donors (Lipinski definition) is 0. The number of nitrogens with zero attached hydrogens (tertiary/aromatic N) is 2. The standard InChI is InChI=1S/C16H24N2O3/c1-12(2)9-10-17(11-13(3)4)16(19)14-5-7-15(8-6-14)18(20)21/h5-8,12-13H,9-11H2,1-4H3. The fourth-order valence-electron chi connectivity index (χ4n) is 2.04. The summed E-state index contributed by atoms with van der Waals surface area (Å²) in [6.45, 7) is 9.82. The molecular weight excluding hydrogens is 268 g/mol. The molecule has 0 heterocycles. The molecule has 1 aromatic rings. The monoisotopic (exact) mass is 292 g/mol. The molecule has 0 fully saturated rings. The fraction of sp³-hybridized carbons (Fsp3) is 0.562. The first-order chi connectivity index (χ1) is 9.81. The molecule has 5 heteroatoms. The van der Waals surface area contributed by atoms with E-state index in [1.165, 1.54) is 24.3 Å². The lowest BCUT2D eigenvalue weighted by atomic mass is 10.1. The molecule has 0 aliphatic rings. The van der Waals surface area contributed by atoms with E-state index in [0.29, 0.717) is 30.5 Å². The molecule has 1 amide bonds. The second-order valence-electron chi connectivity index (χ2n) is 6.13. The van der Waals surface area contributed by atoms with Gasteiger partial charge in [-0.05, 0) is 30.4 Å². The molecule has 0 aliphatic carbocycles. The van der Waals surface area contributed by atoms with Crippen molar-refractivity contribution >= 4 is 11.6 Å².